The monoisotopic (exact) mass is 574 g/mol. The Morgan fingerprint density at radius 1 is 1.15 bits per heavy atom. The van der Waals surface area contributed by atoms with Crippen molar-refractivity contribution >= 4 is 47.5 Å². The van der Waals surface area contributed by atoms with Crippen molar-refractivity contribution in [2.75, 3.05) is 58.4 Å². The molecule has 0 unspecified atom stereocenters. The fourth-order valence-corrected chi connectivity index (χ4v) is 5.43. The van der Waals surface area contributed by atoms with Gasteiger partial charge in [0.05, 0.1) is 36.7 Å². The number of nitrogens with zero attached hydrogens (tertiary/aromatic N) is 5. The zero-order chi connectivity index (χ0) is 27.6. The molecule has 1 N–H and O–H groups in total. The van der Waals surface area contributed by atoms with Gasteiger partial charge in [0.1, 0.15) is 23.3 Å². The molecule has 1 aromatic carbocycles. The predicted octanol–water partition coefficient (Wildman–Crippen LogP) is 4.05. The van der Waals surface area contributed by atoms with E-state index in [1.807, 2.05) is 0 Å². The van der Waals surface area contributed by atoms with Crippen molar-refractivity contribution in [3.63, 3.8) is 0 Å². The Bertz CT molecular complexity index is 1500. The highest BCUT2D eigenvalue weighted by molar-refractivity contribution is 6.76. The van der Waals surface area contributed by atoms with Crippen molar-refractivity contribution in [1.82, 2.24) is 24.2 Å². The van der Waals surface area contributed by atoms with Crippen LogP contribution in [0.3, 0.4) is 0 Å². The van der Waals surface area contributed by atoms with Crippen LogP contribution in [0.15, 0.2) is 33.6 Å². The summed E-state index contributed by atoms with van der Waals surface area (Å²) in [6.45, 7) is 12.5. The number of halogens is 1. The van der Waals surface area contributed by atoms with Crippen LogP contribution in [-0.4, -0.2) is 85.4 Å². The third kappa shape index (κ3) is 6.30. The van der Waals surface area contributed by atoms with Gasteiger partial charge < -0.3 is 23.9 Å². The molecule has 1 aliphatic heterocycles. The lowest BCUT2D eigenvalue weighted by Crippen LogP contribution is -2.39. The van der Waals surface area contributed by atoms with E-state index in [0.29, 0.717) is 46.7 Å². The number of nitrogens with one attached hydrogen (secondary N) is 1. The molecule has 0 saturated carbocycles. The second-order valence-electron chi connectivity index (χ2n) is 10.8. The Hall–Kier alpha value is -2.90. The minimum atomic E-state index is -1.24. The number of benzene rings is 1. The average molecular weight is 575 g/mol. The topological polar surface area (TPSA) is 109 Å². The van der Waals surface area contributed by atoms with Gasteiger partial charge in [0.2, 0.25) is 0 Å². The van der Waals surface area contributed by atoms with Crippen molar-refractivity contribution < 1.29 is 18.6 Å². The zero-order valence-electron chi connectivity index (χ0n) is 22.8. The van der Waals surface area contributed by atoms with Crippen LogP contribution in [0.2, 0.25) is 30.8 Å². The maximum atomic E-state index is 12.7. The molecule has 1 aliphatic rings. The summed E-state index contributed by atoms with van der Waals surface area (Å²) in [7, 11) is 0.342. The number of pyridine rings is 1. The zero-order valence-corrected chi connectivity index (χ0v) is 24.6. The van der Waals surface area contributed by atoms with E-state index in [4.69, 9.17) is 35.3 Å². The standard InChI is InChI=1S/C26H35ClN6O5Si/c1-35-22-13-20-23(38-26(34)32(20)17-37-11-12-39(2,3)4)14-21(22)33-19-15-24(27)29-16-18(19)25(30-33)28-5-6-31-7-9-36-10-8-31/h13-16H,5-12,17H2,1-4H3,(H,28,30). The molecule has 1 saturated heterocycles. The predicted molar refractivity (Wildman–Crippen MR) is 154 cm³/mol. The van der Waals surface area contributed by atoms with Gasteiger partial charge >= 0.3 is 5.76 Å². The van der Waals surface area contributed by atoms with Gasteiger partial charge in [-0.1, -0.05) is 31.2 Å². The molecule has 0 amide bonds. The molecule has 210 valence electrons. The van der Waals surface area contributed by atoms with Crippen LogP contribution in [0.5, 0.6) is 5.75 Å². The van der Waals surface area contributed by atoms with Crippen LogP contribution in [0, 0.1) is 0 Å². The average Bonchev–Trinajstić information content (AvgIpc) is 3.41. The molecule has 0 bridgehead atoms. The van der Waals surface area contributed by atoms with E-state index in [-0.39, 0.29) is 6.73 Å². The number of morpholine rings is 1. The first-order chi connectivity index (χ1) is 18.7. The highest BCUT2D eigenvalue weighted by atomic mass is 35.5. The van der Waals surface area contributed by atoms with Crippen LogP contribution < -0.4 is 15.8 Å². The second-order valence-corrected chi connectivity index (χ2v) is 16.8. The second kappa shape index (κ2) is 11.7. The van der Waals surface area contributed by atoms with Crippen molar-refractivity contribution in [2.24, 2.45) is 0 Å². The summed E-state index contributed by atoms with van der Waals surface area (Å²) in [5.41, 5.74) is 2.36. The number of fused-ring (bicyclic) bond motifs is 2. The third-order valence-electron chi connectivity index (χ3n) is 6.77. The van der Waals surface area contributed by atoms with E-state index in [1.165, 1.54) is 4.57 Å². The molecule has 4 aromatic rings. The largest absolute Gasteiger partial charge is 0.494 e. The van der Waals surface area contributed by atoms with E-state index >= 15 is 0 Å². The van der Waals surface area contributed by atoms with Gasteiger partial charge in [0.15, 0.2) is 11.4 Å². The van der Waals surface area contributed by atoms with Crippen LogP contribution in [0.1, 0.15) is 0 Å². The lowest BCUT2D eigenvalue weighted by molar-refractivity contribution is 0.0398. The summed E-state index contributed by atoms with van der Waals surface area (Å²) in [5, 5.41) is 9.45. The van der Waals surface area contributed by atoms with Gasteiger partial charge in [-0.15, -0.1) is 5.10 Å². The Labute approximate surface area is 232 Å². The van der Waals surface area contributed by atoms with E-state index in [2.05, 4.69) is 34.8 Å². The summed E-state index contributed by atoms with van der Waals surface area (Å²) in [4.78, 5) is 19.3. The van der Waals surface area contributed by atoms with Gasteiger partial charge in [-0.05, 0) is 6.04 Å². The quantitative estimate of drug-likeness (QED) is 0.161. The van der Waals surface area contributed by atoms with Gasteiger partial charge in [-0.25, -0.2) is 19.0 Å². The SMILES string of the molecule is COc1cc2c(cc1-n1nc(NCCN3CCOCC3)c3cnc(Cl)cc31)oc(=O)n2COCC[Si](C)(C)C. The maximum Gasteiger partial charge on any atom is 0.421 e. The lowest BCUT2D eigenvalue weighted by atomic mass is 10.2. The summed E-state index contributed by atoms with van der Waals surface area (Å²) in [6, 6.07) is 6.30. The van der Waals surface area contributed by atoms with Crippen LogP contribution in [-0.2, 0) is 16.2 Å². The van der Waals surface area contributed by atoms with Gasteiger partial charge in [-0.2, -0.15) is 0 Å². The number of hydrogen-bond acceptors (Lipinski definition) is 9. The fourth-order valence-electron chi connectivity index (χ4n) is 4.52. The van der Waals surface area contributed by atoms with Crippen molar-refractivity contribution in [3.05, 3.63) is 40.1 Å². The first-order valence-corrected chi connectivity index (χ1v) is 17.2. The van der Waals surface area contributed by atoms with E-state index < -0.39 is 13.8 Å². The van der Waals surface area contributed by atoms with Gasteiger partial charge in [-0.3, -0.25) is 4.90 Å². The minimum Gasteiger partial charge on any atom is -0.494 e. The van der Waals surface area contributed by atoms with Crippen molar-refractivity contribution in [1.29, 1.82) is 0 Å². The number of ether oxygens (including phenoxy) is 3. The summed E-state index contributed by atoms with van der Waals surface area (Å²) >= 11 is 6.28. The van der Waals surface area contributed by atoms with E-state index in [1.54, 1.807) is 36.2 Å². The van der Waals surface area contributed by atoms with E-state index in [0.717, 1.165) is 49.8 Å². The molecule has 5 rings (SSSR count). The summed E-state index contributed by atoms with van der Waals surface area (Å²) in [6.07, 6.45) is 1.71. The number of rotatable bonds is 11. The van der Waals surface area contributed by atoms with Gasteiger partial charge in [0.25, 0.3) is 0 Å². The first kappa shape index (κ1) is 27.7. The summed E-state index contributed by atoms with van der Waals surface area (Å²) in [5.74, 6) is 0.719. The molecular formula is C26H35ClN6O5Si. The fraction of sp³-hybridized carbons (Fsp3) is 0.500. The molecule has 0 atom stereocenters. The number of aromatic nitrogens is 4. The van der Waals surface area contributed by atoms with E-state index in [9.17, 15) is 4.79 Å². The normalized spacial score (nSPS) is 14.9. The molecule has 3 aromatic heterocycles. The number of methoxy groups -OCH3 is 1. The van der Waals surface area contributed by atoms with Gasteiger partial charge in [0, 0.05) is 65.3 Å². The molecular weight excluding hydrogens is 540 g/mol. The Balaban J connectivity index is 1.45. The van der Waals surface area contributed by atoms with Crippen LogP contribution in [0.25, 0.3) is 27.7 Å². The molecule has 0 aliphatic carbocycles. The molecule has 0 radical (unpaired) electrons. The Morgan fingerprint density at radius 2 is 1.95 bits per heavy atom. The molecule has 13 heteroatoms. The first-order valence-electron chi connectivity index (χ1n) is 13.1. The third-order valence-corrected chi connectivity index (χ3v) is 8.68. The summed E-state index contributed by atoms with van der Waals surface area (Å²) < 4.78 is 25.8. The van der Waals surface area contributed by atoms with Crippen LogP contribution in [0.4, 0.5) is 5.82 Å². The lowest BCUT2D eigenvalue weighted by Gasteiger charge is -2.26. The number of oxazole rings is 1. The number of hydrogen-bond donors (Lipinski definition) is 1. The van der Waals surface area contributed by atoms with Crippen molar-refractivity contribution in [2.45, 2.75) is 32.4 Å². The highest BCUT2D eigenvalue weighted by Crippen LogP contribution is 2.33. The van der Waals surface area contributed by atoms with Crippen LogP contribution >= 0.6 is 11.6 Å². The van der Waals surface area contributed by atoms with Crippen molar-refractivity contribution in [3.8, 4) is 11.4 Å². The Morgan fingerprint density at radius 3 is 2.69 bits per heavy atom. The Kier molecular flexibility index (Phi) is 8.28. The molecule has 39 heavy (non-hydrogen) atoms. The molecule has 11 nitrogen and oxygen atoms in total. The molecule has 0 spiro atoms. The number of anilines is 1. The smallest absolute Gasteiger partial charge is 0.421 e. The minimum absolute atomic E-state index is 0.113. The maximum absolute atomic E-state index is 12.7. The molecule has 1 fully saturated rings. The highest BCUT2D eigenvalue weighted by Gasteiger charge is 2.21. The molecule has 4 heterocycles.